The van der Waals surface area contributed by atoms with E-state index in [0.29, 0.717) is 16.6 Å². The van der Waals surface area contributed by atoms with Crippen molar-refractivity contribution in [1.82, 2.24) is 0 Å². The van der Waals surface area contributed by atoms with Crippen molar-refractivity contribution >= 4 is 23.2 Å². The topological polar surface area (TPSA) is 26.0 Å². The maximum absolute atomic E-state index is 6.15. The van der Waals surface area contributed by atoms with Gasteiger partial charge in [0.1, 0.15) is 0 Å². The molecule has 82 valence electrons. The molecule has 0 amide bonds. The minimum Gasteiger partial charge on any atom is -0.330 e. The van der Waals surface area contributed by atoms with Crippen molar-refractivity contribution in [1.29, 1.82) is 0 Å². The molecule has 0 aromatic heterocycles. The molecule has 0 aliphatic heterocycles. The summed E-state index contributed by atoms with van der Waals surface area (Å²) in [5.74, 6) is 0. The van der Waals surface area contributed by atoms with E-state index >= 15 is 0 Å². The van der Waals surface area contributed by atoms with Gasteiger partial charge in [-0.15, -0.1) is 6.58 Å². The Hall–Kier alpha value is -0.500. The molecule has 0 radical (unpaired) electrons. The highest BCUT2D eigenvalue weighted by atomic mass is 35.5. The van der Waals surface area contributed by atoms with Crippen LogP contribution < -0.4 is 5.73 Å². The normalized spacial score (nSPS) is 14.7. The molecule has 0 bridgehead atoms. The zero-order valence-corrected chi connectivity index (χ0v) is 10.3. The highest BCUT2D eigenvalue weighted by Gasteiger charge is 2.25. The third-order valence-corrected chi connectivity index (χ3v) is 3.17. The largest absolute Gasteiger partial charge is 0.330 e. The van der Waals surface area contributed by atoms with Crippen molar-refractivity contribution in [3.05, 3.63) is 46.5 Å². The first-order valence-electron chi connectivity index (χ1n) is 4.80. The first-order chi connectivity index (χ1) is 7.03. The second-order valence-corrected chi connectivity index (χ2v) is 4.73. The van der Waals surface area contributed by atoms with Gasteiger partial charge in [0.2, 0.25) is 0 Å². The molecule has 0 aliphatic carbocycles. The lowest BCUT2D eigenvalue weighted by Crippen LogP contribution is -2.31. The quantitative estimate of drug-likeness (QED) is 0.801. The van der Waals surface area contributed by atoms with Crippen molar-refractivity contribution in [3.63, 3.8) is 0 Å². The van der Waals surface area contributed by atoms with Gasteiger partial charge in [-0.05, 0) is 24.1 Å². The Kier molecular flexibility index (Phi) is 4.21. The van der Waals surface area contributed by atoms with Crippen molar-refractivity contribution in [2.24, 2.45) is 5.73 Å². The van der Waals surface area contributed by atoms with E-state index in [9.17, 15) is 0 Å². The Morgan fingerprint density at radius 3 is 2.60 bits per heavy atom. The number of rotatable bonds is 4. The van der Waals surface area contributed by atoms with Crippen LogP contribution in [0.15, 0.2) is 30.9 Å². The van der Waals surface area contributed by atoms with Gasteiger partial charge in [-0.25, -0.2) is 0 Å². The highest BCUT2D eigenvalue weighted by molar-refractivity contribution is 6.35. The van der Waals surface area contributed by atoms with Crippen LogP contribution in [-0.4, -0.2) is 6.54 Å². The van der Waals surface area contributed by atoms with E-state index in [2.05, 4.69) is 13.5 Å². The molecule has 0 fully saturated rings. The van der Waals surface area contributed by atoms with E-state index < -0.39 is 0 Å². The van der Waals surface area contributed by atoms with Gasteiger partial charge in [-0.1, -0.05) is 42.3 Å². The van der Waals surface area contributed by atoms with E-state index in [-0.39, 0.29) is 5.41 Å². The van der Waals surface area contributed by atoms with Crippen LogP contribution in [0.2, 0.25) is 10.0 Å². The monoisotopic (exact) mass is 243 g/mol. The number of allylic oxidation sites excluding steroid dienone is 1. The molecule has 0 aliphatic rings. The Labute approximate surface area is 101 Å². The molecule has 1 nitrogen and oxygen atoms in total. The summed E-state index contributed by atoms with van der Waals surface area (Å²) in [6.07, 6.45) is 2.66. The number of nitrogens with two attached hydrogens (primary N) is 1. The lowest BCUT2D eigenvalue weighted by molar-refractivity contribution is 0.491. The van der Waals surface area contributed by atoms with Crippen LogP contribution in [0.1, 0.15) is 18.9 Å². The van der Waals surface area contributed by atoms with Gasteiger partial charge < -0.3 is 5.73 Å². The third-order valence-electron chi connectivity index (χ3n) is 2.63. The number of hydrogen-bond donors (Lipinski definition) is 1. The van der Waals surface area contributed by atoms with Gasteiger partial charge in [-0.2, -0.15) is 0 Å². The lowest BCUT2D eigenvalue weighted by atomic mass is 9.79. The van der Waals surface area contributed by atoms with Gasteiger partial charge in [0.25, 0.3) is 0 Å². The molecule has 0 heterocycles. The van der Waals surface area contributed by atoms with Gasteiger partial charge in [0, 0.05) is 22.0 Å². The zero-order chi connectivity index (χ0) is 11.5. The fourth-order valence-corrected chi connectivity index (χ4v) is 2.24. The molecule has 15 heavy (non-hydrogen) atoms. The predicted molar refractivity (Wildman–Crippen MR) is 67.7 cm³/mol. The fourth-order valence-electron chi connectivity index (χ4n) is 1.60. The Balaban J connectivity index is 3.17. The van der Waals surface area contributed by atoms with E-state index in [4.69, 9.17) is 28.9 Å². The van der Waals surface area contributed by atoms with Crippen molar-refractivity contribution in [2.45, 2.75) is 18.8 Å². The van der Waals surface area contributed by atoms with Gasteiger partial charge in [0.15, 0.2) is 0 Å². The molecule has 1 aromatic carbocycles. The van der Waals surface area contributed by atoms with E-state index in [0.717, 1.165) is 12.0 Å². The number of halogens is 2. The second-order valence-electron chi connectivity index (χ2n) is 3.88. The smallest absolute Gasteiger partial charge is 0.0458 e. The molecule has 1 unspecified atom stereocenters. The van der Waals surface area contributed by atoms with Gasteiger partial charge >= 0.3 is 0 Å². The number of hydrogen-bond acceptors (Lipinski definition) is 1. The summed E-state index contributed by atoms with van der Waals surface area (Å²) in [5, 5.41) is 1.30. The Morgan fingerprint density at radius 2 is 2.13 bits per heavy atom. The average Bonchev–Trinajstić information content (AvgIpc) is 2.17. The van der Waals surface area contributed by atoms with E-state index in [1.54, 1.807) is 6.07 Å². The summed E-state index contributed by atoms with van der Waals surface area (Å²) in [5.41, 5.74) is 6.65. The van der Waals surface area contributed by atoms with Crippen LogP contribution in [0, 0.1) is 0 Å². The minimum atomic E-state index is -0.163. The summed E-state index contributed by atoms with van der Waals surface area (Å²) < 4.78 is 0. The molecule has 0 spiro atoms. The summed E-state index contributed by atoms with van der Waals surface area (Å²) in [6, 6.07) is 5.51. The van der Waals surface area contributed by atoms with Crippen molar-refractivity contribution < 1.29 is 0 Å². The molecule has 0 saturated heterocycles. The standard InChI is InChI=1S/C12H15Cl2N/c1-3-6-12(2,8-15)10-5-4-9(13)7-11(10)14/h3-5,7H,1,6,8,15H2,2H3. The fraction of sp³-hybridized carbons (Fsp3) is 0.333. The third kappa shape index (κ3) is 2.75. The van der Waals surface area contributed by atoms with Crippen molar-refractivity contribution in [3.8, 4) is 0 Å². The summed E-state index contributed by atoms with van der Waals surface area (Å²) in [4.78, 5) is 0. The SMILES string of the molecule is C=CCC(C)(CN)c1ccc(Cl)cc1Cl. The van der Waals surface area contributed by atoms with Crippen LogP contribution in [0.4, 0.5) is 0 Å². The average molecular weight is 244 g/mol. The predicted octanol–water partition coefficient (Wildman–Crippen LogP) is 3.79. The molecule has 1 aromatic rings. The van der Waals surface area contributed by atoms with Crippen LogP contribution >= 0.6 is 23.2 Å². The van der Waals surface area contributed by atoms with E-state index in [1.165, 1.54) is 0 Å². The molecular formula is C12H15Cl2N. The zero-order valence-electron chi connectivity index (χ0n) is 8.76. The molecule has 1 atom stereocenters. The van der Waals surface area contributed by atoms with Crippen molar-refractivity contribution in [2.75, 3.05) is 6.54 Å². The Bertz CT molecular complexity index is 363. The van der Waals surface area contributed by atoms with Gasteiger partial charge in [-0.3, -0.25) is 0 Å². The molecular weight excluding hydrogens is 229 g/mol. The van der Waals surface area contributed by atoms with Crippen LogP contribution in [0.5, 0.6) is 0 Å². The first-order valence-corrected chi connectivity index (χ1v) is 5.55. The van der Waals surface area contributed by atoms with E-state index in [1.807, 2.05) is 18.2 Å². The maximum atomic E-state index is 6.15. The summed E-state index contributed by atoms with van der Waals surface area (Å²) in [7, 11) is 0. The second kappa shape index (κ2) is 5.02. The molecule has 0 saturated carbocycles. The van der Waals surface area contributed by atoms with Crippen LogP contribution in [0.3, 0.4) is 0 Å². The minimum absolute atomic E-state index is 0.163. The summed E-state index contributed by atoms with van der Waals surface area (Å²) in [6.45, 7) is 6.34. The van der Waals surface area contributed by atoms with Gasteiger partial charge in [0.05, 0.1) is 0 Å². The summed E-state index contributed by atoms with van der Waals surface area (Å²) >= 11 is 12.0. The molecule has 1 rings (SSSR count). The van der Waals surface area contributed by atoms with Crippen LogP contribution in [-0.2, 0) is 5.41 Å². The lowest BCUT2D eigenvalue weighted by Gasteiger charge is -2.28. The molecule has 2 N–H and O–H groups in total. The molecule has 3 heteroatoms. The van der Waals surface area contributed by atoms with Crippen LogP contribution in [0.25, 0.3) is 0 Å². The number of benzene rings is 1. The highest BCUT2D eigenvalue weighted by Crippen LogP contribution is 2.34. The first kappa shape index (κ1) is 12.6. The maximum Gasteiger partial charge on any atom is 0.0458 e. The Morgan fingerprint density at radius 1 is 1.47 bits per heavy atom.